The summed E-state index contributed by atoms with van der Waals surface area (Å²) in [5.41, 5.74) is 4.66. The number of hydrogen-bond acceptors (Lipinski definition) is 1. The minimum Gasteiger partial charge on any atom is -1.00 e. The van der Waals surface area contributed by atoms with Crippen LogP contribution in [-0.4, -0.2) is 4.98 Å². The second kappa shape index (κ2) is 16.5. The predicted molar refractivity (Wildman–Crippen MR) is 124 cm³/mol. The van der Waals surface area contributed by atoms with Gasteiger partial charge in [-0.05, 0) is 36.1 Å². The van der Waals surface area contributed by atoms with Crippen molar-refractivity contribution in [3.05, 3.63) is 67.4 Å². The minimum absolute atomic E-state index is 0. The van der Waals surface area contributed by atoms with Crippen molar-refractivity contribution in [3.63, 3.8) is 0 Å². The second-order valence-electron chi connectivity index (χ2n) is 8.20. The number of nitrogens with zero attached hydrogens (tertiary/aromatic N) is 3. The number of rotatable bonds is 12. The van der Waals surface area contributed by atoms with E-state index < -0.39 is 0 Å². The Kier molecular flexibility index (Phi) is 14.9. The van der Waals surface area contributed by atoms with Crippen LogP contribution in [0.15, 0.2) is 67.4 Å². The summed E-state index contributed by atoms with van der Waals surface area (Å²) in [7, 11) is 0. The van der Waals surface area contributed by atoms with Crippen molar-refractivity contribution in [2.24, 2.45) is 0 Å². The number of halogens is 2. The van der Waals surface area contributed by atoms with Gasteiger partial charge in [0.15, 0.2) is 24.8 Å². The normalized spacial score (nSPS) is 10.3. The molecule has 0 fully saturated rings. The molecule has 174 valence electrons. The van der Waals surface area contributed by atoms with Gasteiger partial charge in [0.25, 0.3) is 0 Å². The molecule has 0 unspecified atom stereocenters. The highest BCUT2D eigenvalue weighted by molar-refractivity contribution is 5.69. The van der Waals surface area contributed by atoms with Gasteiger partial charge in [-0.25, -0.2) is 9.13 Å². The van der Waals surface area contributed by atoms with Crippen LogP contribution >= 0.6 is 0 Å². The summed E-state index contributed by atoms with van der Waals surface area (Å²) in [6, 6.07) is 13.1. The van der Waals surface area contributed by atoms with E-state index in [1.54, 1.807) is 0 Å². The van der Waals surface area contributed by atoms with E-state index in [1.165, 1.54) is 68.1 Å². The Morgan fingerprint density at radius 3 is 1.59 bits per heavy atom. The lowest BCUT2D eigenvalue weighted by molar-refractivity contribution is -0.697. The quantitative estimate of drug-likeness (QED) is 0.155. The highest BCUT2D eigenvalue weighted by atomic mass is 127. The van der Waals surface area contributed by atoms with E-state index in [-0.39, 0.29) is 48.0 Å². The monoisotopic (exact) mass is 657 g/mol. The molecule has 0 saturated heterocycles. The molecule has 0 spiro atoms. The van der Waals surface area contributed by atoms with Crippen molar-refractivity contribution in [1.29, 1.82) is 0 Å². The number of pyridine rings is 3. The van der Waals surface area contributed by atoms with E-state index in [9.17, 15) is 0 Å². The first-order valence-corrected chi connectivity index (χ1v) is 11.7. The molecule has 0 N–H and O–H groups in total. The van der Waals surface area contributed by atoms with Crippen molar-refractivity contribution in [2.45, 2.75) is 78.3 Å². The van der Waals surface area contributed by atoms with Gasteiger partial charge < -0.3 is 48.0 Å². The summed E-state index contributed by atoms with van der Waals surface area (Å²) < 4.78 is 4.57. The molecule has 0 radical (unpaired) electrons. The maximum absolute atomic E-state index is 4.61. The third kappa shape index (κ3) is 9.41. The lowest BCUT2D eigenvalue weighted by atomic mass is 10.1. The Balaban J connectivity index is 0.00000256. The van der Waals surface area contributed by atoms with Gasteiger partial charge in [-0.15, -0.1) is 0 Å². The maximum atomic E-state index is 4.61. The van der Waals surface area contributed by atoms with Crippen LogP contribution in [0.1, 0.15) is 65.2 Å². The summed E-state index contributed by atoms with van der Waals surface area (Å²) in [5.74, 6) is 0. The van der Waals surface area contributed by atoms with Crippen LogP contribution in [0.4, 0.5) is 0 Å². The maximum Gasteiger partial charge on any atom is 0.169 e. The van der Waals surface area contributed by atoms with Crippen molar-refractivity contribution in [2.75, 3.05) is 0 Å². The van der Waals surface area contributed by atoms with Crippen LogP contribution in [0.5, 0.6) is 0 Å². The van der Waals surface area contributed by atoms with Crippen LogP contribution in [0, 0.1) is 0 Å². The van der Waals surface area contributed by atoms with Crippen LogP contribution in [-0.2, 0) is 13.1 Å². The fraction of sp³-hybridized carbons (Fsp3) is 0.444. The van der Waals surface area contributed by atoms with Gasteiger partial charge in [0, 0.05) is 48.9 Å². The minimum atomic E-state index is 0. The summed E-state index contributed by atoms with van der Waals surface area (Å²) in [5, 5.41) is 0. The summed E-state index contributed by atoms with van der Waals surface area (Å²) in [4.78, 5) is 4.61. The van der Waals surface area contributed by atoms with E-state index in [4.69, 9.17) is 0 Å². The molecule has 3 nitrogen and oxygen atoms in total. The van der Waals surface area contributed by atoms with Crippen LogP contribution in [0.3, 0.4) is 0 Å². The fourth-order valence-corrected chi connectivity index (χ4v) is 3.79. The molecule has 0 amide bonds. The third-order valence-electron chi connectivity index (χ3n) is 5.71. The molecule has 0 saturated carbocycles. The molecule has 32 heavy (non-hydrogen) atoms. The SMILES string of the molecule is CCCCCC[n+]1ccc(-c2ccnc(-c3cc[n+](CCCCCC)cc3)c2)cc1.[I-].[I-]. The standard InChI is InChI=1S/C27H37N3.2HI/c1-3-5-7-9-17-29-19-12-24(13-20-29)26-11-16-28-27(23-26)25-14-21-30(22-15-25)18-10-8-6-4-2;;/h11-16,19-23H,3-10,17-18H2,1-2H3;2*1H/q+2;;/p-2. The van der Waals surface area contributed by atoms with E-state index in [2.05, 4.69) is 89.2 Å². The predicted octanol–water partition coefficient (Wildman–Crippen LogP) is 0.159. The zero-order chi connectivity index (χ0) is 21.0. The summed E-state index contributed by atoms with van der Waals surface area (Å²) >= 11 is 0. The lowest BCUT2D eigenvalue weighted by Crippen LogP contribution is -3.00. The first kappa shape index (κ1) is 28.9. The van der Waals surface area contributed by atoms with Gasteiger partial charge in [0.05, 0.1) is 5.69 Å². The van der Waals surface area contributed by atoms with Gasteiger partial charge in [-0.1, -0.05) is 39.5 Å². The van der Waals surface area contributed by atoms with E-state index in [1.807, 2.05) is 6.20 Å². The van der Waals surface area contributed by atoms with Gasteiger partial charge in [0.2, 0.25) is 0 Å². The molecule has 0 atom stereocenters. The van der Waals surface area contributed by atoms with Crippen molar-refractivity contribution >= 4 is 0 Å². The zero-order valence-corrected chi connectivity index (χ0v) is 23.8. The van der Waals surface area contributed by atoms with Crippen molar-refractivity contribution in [1.82, 2.24) is 4.98 Å². The average Bonchev–Trinajstić information content (AvgIpc) is 2.80. The Morgan fingerprint density at radius 1 is 0.594 bits per heavy atom. The molecule has 0 aliphatic rings. The highest BCUT2D eigenvalue weighted by Crippen LogP contribution is 2.23. The summed E-state index contributed by atoms with van der Waals surface area (Å²) in [6.45, 7) is 6.71. The highest BCUT2D eigenvalue weighted by Gasteiger charge is 2.08. The van der Waals surface area contributed by atoms with Crippen LogP contribution in [0.25, 0.3) is 22.4 Å². The zero-order valence-electron chi connectivity index (χ0n) is 19.5. The van der Waals surface area contributed by atoms with Crippen molar-refractivity contribution < 1.29 is 57.1 Å². The summed E-state index contributed by atoms with van der Waals surface area (Å²) in [6.07, 6.45) is 21.0. The van der Waals surface area contributed by atoms with Crippen LogP contribution in [0.2, 0.25) is 0 Å². The molecule has 0 aliphatic heterocycles. The molecule has 5 heteroatoms. The number of aromatic nitrogens is 3. The molecule has 3 aromatic heterocycles. The Morgan fingerprint density at radius 2 is 1.09 bits per heavy atom. The second-order valence-corrected chi connectivity index (χ2v) is 8.20. The van der Waals surface area contributed by atoms with E-state index in [0.29, 0.717) is 0 Å². The smallest absolute Gasteiger partial charge is 0.169 e. The largest absolute Gasteiger partial charge is 1.00 e. The van der Waals surface area contributed by atoms with E-state index >= 15 is 0 Å². The lowest BCUT2D eigenvalue weighted by Gasteiger charge is -2.05. The molecular formula is C27H37I2N3. The Bertz CT molecular complexity index is 809. The molecular weight excluding hydrogens is 620 g/mol. The Labute approximate surface area is 228 Å². The first-order valence-electron chi connectivity index (χ1n) is 11.7. The average molecular weight is 657 g/mol. The Hall–Kier alpha value is -1.09. The molecule has 0 aliphatic carbocycles. The number of aryl methyl sites for hydroxylation is 2. The third-order valence-corrected chi connectivity index (χ3v) is 5.71. The number of hydrogen-bond donors (Lipinski definition) is 0. The molecule has 0 aromatic carbocycles. The van der Waals surface area contributed by atoms with Gasteiger partial charge in [-0.3, -0.25) is 4.98 Å². The number of unbranched alkanes of at least 4 members (excludes halogenated alkanes) is 6. The van der Waals surface area contributed by atoms with Gasteiger partial charge in [-0.2, -0.15) is 0 Å². The first-order chi connectivity index (χ1) is 14.8. The molecule has 3 rings (SSSR count). The van der Waals surface area contributed by atoms with Crippen LogP contribution < -0.4 is 57.1 Å². The van der Waals surface area contributed by atoms with Gasteiger partial charge in [0.1, 0.15) is 13.1 Å². The fourth-order valence-electron chi connectivity index (χ4n) is 3.79. The van der Waals surface area contributed by atoms with Crippen molar-refractivity contribution in [3.8, 4) is 22.4 Å². The topological polar surface area (TPSA) is 20.6 Å². The molecule has 3 heterocycles. The van der Waals surface area contributed by atoms with E-state index in [0.717, 1.165) is 18.8 Å². The molecule has 3 aromatic rings. The molecule has 0 bridgehead atoms. The van der Waals surface area contributed by atoms with Gasteiger partial charge >= 0.3 is 0 Å².